The minimum Gasteiger partial charge on any atom is -0.495 e. The fraction of sp³-hybridized carbons (Fsp3) is 0.462. The summed E-state index contributed by atoms with van der Waals surface area (Å²) in [6.45, 7) is 4.18. The Labute approximate surface area is 102 Å². The minimum absolute atomic E-state index is 0.0115. The lowest BCUT2D eigenvalue weighted by Crippen LogP contribution is -2.13. The van der Waals surface area contributed by atoms with Gasteiger partial charge in [-0.1, -0.05) is 13.8 Å². The second kappa shape index (κ2) is 6.13. The van der Waals surface area contributed by atoms with Crippen molar-refractivity contribution in [2.75, 3.05) is 18.2 Å². The van der Waals surface area contributed by atoms with Crippen LogP contribution in [0.4, 0.5) is 11.4 Å². The molecule has 0 unspecified atom stereocenters. The molecule has 0 fully saturated rings. The molecule has 0 aliphatic heterocycles. The standard InChI is InChI=1S/C13H20N2O2/c1-9(2)4-7-13(16)15-11-8-10(14)5-6-12(11)17-3/h5-6,8-9H,4,7,14H2,1-3H3,(H,15,16). The third kappa shape index (κ3) is 4.34. The monoisotopic (exact) mass is 236 g/mol. The summed E-state index contributed by atoms with van der Waals surface area (Å²) in [5.74, 6) is 1.13. The molecule has 94 valence electrons. The van der Waals surface area contributed by atoms with Crippen molar-refractivity contribution in [1.82, 2.24) is 0 Å². The van der Waals surface area contributed by atoms with Crippen LogP contribution in [0.1, 0.15) is 26.7 Å². The van der Waals surface area contributed by atoms with Crippen LogP contribution in [0.25, 0.3) is 0 Å². The predicted molar refractivity (Wildman–Crippen MR) is 70.1 cm³/mol. The topological polar surface area (TPSA) is 64.3 Å². The van der Waals surface area contributed by atoms with E-state index in [0.29, 0.717) is 29.5 Å². The second-order valence-corrected chi connectivity index (χ2v) is 4.44. The summed E-state index contributed by atoms with van der Waals surface area (Å²) >= 11 is 0. The van der Waals surface area contributed by atoms with Gasteiger partial charge in [-0.3, -0.25) is 4.79 Å². The lowest BCUT2D eigenvalue weighted by molar-refractivity contribution is -0.116. The molecule has 0 spiro atoms. The summed E-state index contributed by atoms with van der Waals surface area (Å²) in [5.41, 5.74) is 6.90. The number of carbonyl (C=O) groups is 1. The fourth-order valence-corrected chi connectivity index (χ4v) is 1.46. The first-order valence-corrected chi connectivity index (χ1v) is 5.76. The Morgan fingerprint density at radius 2 is 2.18 bits per heavy atom. The van der Waals surface area contributed by atoms with Gasteiger partial charge >= 0.3 is 0 Å². The molecule has 0 bridgehead atoms. The minimum atomic E-state index is -0.0115. The van der Waals surface area contributed by atoms with Gasteiger partial charge in [-0.2, -0.15) is 0 Å². The smallest absolute Gasteiger partial charge is 0.224 e. The van der Waals surface area contributed by atoms with Gasteiger partial charge < -0.3 is 15.8 Å². The molecule has 0 atom stereocenters. The number of rotatable bonds is 5. The zero-order chi connectivity index (χ0) is 12.8. The third-order valence-corrected chi connectivity index (χ3v) is 2.45. The van der Waals surface area contributed by atoms with E-state index in [-0.39, 0.29) is 5.91 Å². The number of ether oxygens (including phenoxy) is 1. The Kier molecular flexibility index (Phi) is 4.82. The first-order valence-electron chi connectivity index (χ1n) is 5.76. The summed E-state index contributed by atoms with van der Waals surface area (Å²) in [6, 6.07) is 5.18. The zero-order valence-electron chi connectivity index (χ0n) is 10.6. The highest BCUT2D eigenvalue weighted by Crippen LogP contribution is 2.26. The van der Waals surface area contributed by atoms with E-state index in [1.165, 1.54) is 0 Å². The van der Waals surface area contributed by atoms with Crippen LogP contribution < -0.4 is 15.8 Å². The summed E-state index contributed by atoms with van der Waals surface area (Å²) in [4.78, 5) is 11.7. The molecule has 1 aromatic carbocycles. The molecule has 1 aromatic rings. The number of methoxy groups -OCH3 is 1. The molecule has 0 radical (unpaired) electrons. The fourth-order valence-electron chi connectivity index (χ4n) is 1.46. The van der Waals surface area contributed by atoms with E-state index in [4.69, 9.17) is 10.5 Å². The van der Waals surface area contributed by atoms with Crippen molar-refractivity contribution >= 4 is 17.3 Å². The number of anilines is 2. The quantitative estimate of drug-likeness (QED) is 0.772. The van der Waals surface area contributed by atoms with Gasteiger partial charge in [0.25, 0.3) is 0 Å². The van der Waals surface area contributed by atoms with Crippen molar-refractivity contribution in [3.05, 3.63) is 18.2 Å². The summed E-state index contributed by atoms with van der Waals surface area (Å²) in [5, 5.41) is 2.81. The number of hydrogen-bond acceptors (Lipinski definition) is 3. The van der Waals surface area contributed by atoms with E-state index in [0.717, 1.165) is 6.42 Å². The van der Waals surface area contributed by atoms with Crippen LogP contribution in [0.3, 0.4) is 0 Å². The SMILES string of the molecule is COc1ccc(N)cc1NC(=O)CCC(C)C. The summed E-state index contributed by atoms with van der Waals surface area (Å²) in [7, 11) is 1.56. The molecule has 0 aliphatic carbocycles. The Morgan fingerprint density at radius 1 is 1.47 bits per heavy atom. The lowest BCUT2D eigenvalue weighted by atomic mass is 10.1. The molecule has 3 N–H and O–H groups in total. The number of benzene rings is 1. The van der Waals surface area contributed by atoms with Gasteiger partial charge in [0, 0.05) is 12.1 Å². The number of hydrogen-bond donors (Lipinski definition) is 2. The van der Waals surface area contributed by atoms with Gasteiger partial charge in [0.1, 0.15) is 5.75 Å². The third-order valence-electron chi connectivity index (χ3n) is 2.45. The maximum Gasteiger partial charge on any atom is 0.224 e. The zero-order valence-corrected chi connectivity index (χ0v) is 10.6. The average molecular weight is 236 g/mol. The molecular formula is C13H20N2O2. The Hall–Kier alpha value is -1.71. The van der Waals surface area contributed by atoms with Crippen LogP contribution in [0, 0.1) is 5.92 Å². The number of nitrogens with one attached hydrogen (secondary N) is 1. The number of nitrogens with two attached hydrogens (primary N) is 1. The average Bonchev–Trinajstić information content (AvgIpc) is 2.27. The maximum absolute atomic E-state index is 11.7. The molecule has 0 saturated carbocycles. The van der Waals surface area contributed by atoms with Crippen LogP contribution in [-0.4, -0.2) is 13.0 Å². The van der Waals surface area contributed by atoms with Crippen LogP contribution in [0.15, 0.2) is 18.2 Å². The van der Waals surface area contributed by atoms with Gasteiger partial charge in [0.05, 0.1) is 12.8 Å². The Balaban J connectivity index is 2.66. The van der Waals surface area contributed by atoms with Gasteiger partial charge in [0.2, 0.25) is 5.91 Å². The lowest BCUT2D eigenvalue weighted by Gasteiger charge is -2.11. The van der Waals surface area contributed by atoms with E-state index in [1.54, 1.807) is 25.3 Å². The molecule has 4 nitrogen and oxygen atoms in total. The van der Waals surface area contributed by atoms with Crippen molar-refractivity contribution in [3.63, 3.8) is 0 Å². The van der Waals surface area contributed by atoms with E-state index in [1.807, 2.05) is 0 Å². The molecule has 0 aliphatic rings. The largest absolute Gasteiger partial charge is 0.495 e. The number of amides is 1. The van der Waals surface area contributed by atoms with Gasteiger partial charge in [-0.05, 0) is 30.5 Å². The van der Waals surface area contributed by atoms with Crippen molar-refractivity contribution < 1.29 is 9.53 Å². The molecule has 1 amide bonds. The maximum atomic E-state index is 11.7. The summed E-state index contributed by atoms with van der Waals surface area (Å²) in [6.07, 6.45) is 1.38. The van der Waals surface area contributed by atoms with Crippen LogP contribution in [0.5, 0.6) is 5.75 Å². The highest BCUT2D eigenvalue weighted by Gasteiger charge is 2.08. The summed E-state index contributed by atoms with van der Waals surface area (Å²) < 4.78 is 5.16. The molecule has 0 aromatic heterocycles. The number of carbonyl (C=O) groups excluding carboxylic acids is 1. The van der Waals surface area contributed by atoms with Crippen molar-refractivity contribution in [3.8, 4) is 5.75 Å². The normalized spacial score (nSPS) is 10.4. The first-order chi connectivity index (χ1) is 8.02. The van der Waals surface area contributed by atoms with Crippen molar-refractivity contribution in [2.45, 2.75) is 26.7 Å². The van der Waals surface area contributed by atoms with Crippen LogP contribution in [0.2, 0.25) is 0 Å². The number of nitrogen functional groups attached to an aromatic ring is 1. The van der Waals surface area contributed by atoms with E-state index in [9.17, 15) is 4.79 Å². The van der Waals surface area contributed by atoms with E-state index < -0.39 is 0 Å². The molecule has 17 heavy (non-hydrogen) atoms. The highest BCUT2D eigenvalue weighted by atomic mass is 16.5. The van der Waals surface area contributed by atoms with Gasteiger partial charge in [-0.25, -0.2) is 0 Å². The predicted octanol–water partition coefficient (Wildman–Crippen LogP) is 2.65. The highest BCUT2D eigenvalue weighted by molar-refractivity contribution is 5.92. The van der Waals surface area contributed by atoms with Crippen LogP contribution in [-0.2, 0) is 4.79 Å². The van der Waals surface area contributed by atoms with Gasteiger partial charge in [0.15, 0.2) is 0 Å². The second-order valence-electron chi connectivity index (χ2n) is 4.44. The molecule has 0 heterocycles. The Morgan fingerprint density at radius 3 is 2.76 bits per heavy atom. The van der Waals surface area contributed by atoms with Crippen molar-refractivity contribution in [1.29, 1.82) is 0 Å². The Bertz CT molecular complexity index is 389. The van der Waals surface area contributed by atoms with E-state index >= 15 is 0 Å². The van der Waals surface area contributed by atoms with Gasteiger partial charge in [-0.15, -0.1) is 0 Å². The van der Waals surface area contributed by atoms with E-state index in [2.05, 4.69) is 19.2 Å². The molecule has 1 rings (SSSR count). The first kappa shape index (κ1) is 13.4. The molecule has 4 heteroatoms. The van der Waals surface area contributed by atoms with Crippen LogP contribution >= 0.6 is 0 Å². The van der Waals surface area contributed by atoms with Crippen molar-refractivity contribution in [2.24, 2.45) is 5.92 Å². The molecule has 0 saturated heterocycles. The molecular weight excluding hydrogens is 216 g/mol.